The monoisotopic (exact) mass is 502 g/mol. The Morgan fingerprint density at radius 2 is 1.70 bits per heavy atom. The molecule has 0 aliphatic carbocycles. The van der Waals surface area contributed by atoms with E-state index < -0.39 is 16.3 Å². The molecule has 37 heavy (non-hydrogen) atoms. The molecule has 9 heteroatoms. The topological polar surface area (TPSA) is 128 Å². The van der Waals surface area contributed by atoms with Crippen molar-refractivity contribution in [2.75, 3.05) is 30.3 Å². The van der Waals surface area contributed by atoms with Gasteiger partial charge in [-0.2, -0.15) is 0 Å². The van der Waals surface area contributed by atoms with Crippen molar-refractivity contribution in [2.24, 2.45) is 5.41 Å². The van der Waals surface area contributed by atoms with E-state index >= 15 is 0 Å². The Morgan fingerprint density at radius 1 is 1.00 bits per heavy atom. The molecule has 0 saturated carbocycles. The fraction of sp³-hybridized carbons (Fsp3) is 0.357. The standard InChI is InChI=1S/C28H30N4O5/c1-2-19(17-7-4-3-5-8-17)30-21-22(25(35)24(21)34)31-20-10-6-9-18(23(20)33)26(36)32-15-12-28(13-16-32)11-14-29-27(28)37/h3-10,19,30-31,33H,2,11-16H2,1H3,(H,29,37)/t19-/m1/s1. The van der Waals surface area contributed by atoms with Gasteiger partial charge >= 0.3 is 0 Å². The number of hydrogen-bond acceptors (Lipinski definition) is 7. The fourth-order valence-electron chi connectivity index (χ4n) is 5.38. The maximum Gasteiger partial charge on any atom is 0.257 e. The minimum atomic E-state index is -0.683. The van der Waals surface area contributed by atoms with Crippen molar-refractivity contribution < 1.29 is 14.7 Å². The number of benzene rings is 2. The van der Waals surface area contributed by atoms with E-state index in [-0.39, 0.29) is 46.2 Å². The van der Waals surface area contributed by atoms with E-state index in [0.717, 1.165) is 12.0 Å². The zero-order chi connectivity index (χ0) is 26.2. The number of phenols is 1. The highest BCUT2D eigenvalue weighted by Gasteiger charge is 2.45. The van der Waals surface area contributed by atoms with Crippen LogP contribution in [-0.2, 0) is 4.79 Å². The van der Waals surface area contributed by atoms with E-state index in [1.807, 2.05) is 37.3 Å². The van der Waals surface area contributed by atoms with Gasteiger partial charge in [0.1, 0.15) is 11.4 Å². The highest BCUT2D eigenvalue weighted by atomic mass is 16.3. The fourth-order valence-corrected chi connectivity index (χ4v) is 5.38. The average Bonchev–Trinajstić information content (AvgIpc) is 3.28. The lowest BCUT2D eigenvalue weighted by Gasteiger charge is -2.37. The van der Waals surface area contributed by atoms with Crippen LogP contribution in [-0.4, -0.2) is 41.5 Å². The summed E-state index contributed by atoms with van der Waals surface area (Å²) in [6, 6.07) is 14.1. The number of nitrogens with zero attached hydrogens (tertiary/aromatic N) is 1. The van der Waals surface area contributed by atoms with E-state index in [1.54, 1.807) is 17.0 Å². The summed E-state index contributed by atoms with van der Waals surface area (Å²) in [5, 5.41) is 19.9. The summed E-state index contributed by atoms with van der Waals surface area (Å²) in [6.45, 7) is 3.49. The Balaban J connectivity index is 1.33. The van der Waals surface area contributed by atoms with Crippen LogP contribution in [0.3, 0.4) is 0 Å². The van der Waals surface area contributed by atoms with Gasteiger partial charge in [0.2, 0.25) is 5.91 Å². The highest BCUT2D eigenvalue weighted by molar-refractivity contribution is 5.99. The second-order valence-corrected chi connectivity index (χ2v) is 9.83. The van der Waals surface area contributed by atoms with Crippen molar-refractivity contribution in [3.8, 4) is 5.75 Å². The molecule has 3 aromatic carbocycles. The lowest BCUT2D eigenvalue weighted by atomic mass is 9.77. The first-order valence-corrected chi connectivity index (χ1v) is 12.7. The van der Waals surface area contributed by atoms with Crippen LogP contribution in [0.25, 0.3) is 0 Å². The van der Waals surface area contributed by atoms with Crippen LogP contribution in [0.15, 0.2) is 58.1 Å². The number of para-hydroxylation sites is 1. The summed E-state index contributed by atoms with van der Waals surface area (Å²) in [4.78, 5) is 51.9. The number of phenolic OH excluding ortho intramolecular Hbond substituents is 1. The van der Waals surface area contributed by atoms with Crippen LogP contribution in [0, 0.1) is 5.41 Å². The molecular weight excluding hydrogens is 472 g/mol. The number of hydrogen-bond donors (Lipinski definition) is 4. The van der Waals surface area contributed by atoms with Crippen LogP contribution >= 0.6 is 0 Å². The quantitative estimate of drug-likeness (QED) is 0.289. The molecule has 192 valence electrons. The molecule has 2 fully saturated rings. The highest BCUT2D eigenvalue weighted by Crippen LogP contribution is 2.39. The molecule has 4 N–H and O–H groups in total. The third kappa shape index (κ3) is 4.34. The average molecular weight is 503 g/mol. The molecule has 0 aromatic heterocycles. The Hall–Kier alpha value is -4.14. The van der Waals surface area contributed by atoms with Gasteiger partial charge in [-0.25, -0.2) is 0 Å². The van der Waals surface area contributed by atoms with Gasteiger partial charge in [-0.3, -0.25) is 19.2 Å². The summed E-state index contributed by atoms with van der Waals surface area (Å²) in [7, 11) is 0. The molecule has 2 heterocycles. The first kappa shape index (κ1) is 24.5. The molecule has 3 aromatic rings. The van der Waals surface area contributed by atoms with Crippen LogP contribution in [0.1, 0.15) is 54.6 Å². The van der Waals surface area contributed by atoms with Gasteiger partial charge in [-0.05, 0) is 43.4 Å². The number of anilines is 3. The van der Waals surface area contributed by atoms with Crippen molar-refractivity contribution in [2.45, 2.75) is 38.6 Å². The van der Waals surface area contributed by atoms with E-state index in [1.165, 1.54) is 6.07 Å². The Labute approximate surface area is 214 Å². The first-order valence-electron chi connectivity index (χ1n) is 12.7. The van der Waals surface area contributed by atoms with Gasteiger partial charge in [-0.1, -0.05) is 43.3 Å². The van der Waals surface area contributed by atoms with E-state index in [2.05, 4.69) is 16.0 Å². The molecule has 0 radical (unpaired) electrons. The Kier molecular flexibility index (Phi) is 6.45. The lowest BCUT2D eigenvalue weighted by molar-refractivity contribution is -0.129. The number of piperidine rings is 1. The molecule has 2 aliphatic heterocycles. The molecule has 1 spiro atoms. The summed E-state index contributed by atoms with van der Waals surface area (Å²) < 4.78 is 0. The molecular formula is C28H30N4O5. The van der Waals surface area contributed by atoms with Gasteiger partial charge in [0.05, 0.1) is 22.7 Å². The minimum absolute atomic E-state index is 0.0589. The Bertz CT molecular complexity index is 1400. The molecule has 2 saturated heterocycles. The predicted octanol–water partition coefficient (Wildman–Crippen LogP) is 3.04. The molecule has 9 nitrogen and oxygen atoms in total. The number of nitrogens with one attached hydrogen (secondary N) is 3. The number of rotatable bonds is 7. The zero-order valence-electron chi connectivity index (χ0n) is 20.7. The van der Waals surface area contributed by atoms with Crippen LogP contribution in [0.4, 0.5) is 17.1 Å². The largest absolute Gasteiger partial charge is 0.505 e. The molecule has 2 amide bonds. The number of amides is 2. The van der Waals surface area contributed by atoms with Gasteiger partial charge in [0, 0.05) is 19.6 Å². The van der Waals surface area contributed by atoms with E-state index in [0.29, 0.717) is 38.9 Å². The lowest BCUT2D eigenvalue weighted by Crippen LogP contribution is -2.46. The molecule has 0 unspecified atom stereocenters. The first-order chi connectivity index (χ1) is 17.8. The maximum atomic E-state index is 13.2. The van der Waals surface area contributed by atoms with Crippen molar-refractivity contribution in [1.29, 1.82) is 0 Å². The predicted molar refractivity (Wildman–Crippen MR) is 141 cm³/mol. The second-order valence-electron chi connectivity index (χ2n) is 9.83. The van der Waals surface area contributed by atoms with Gasteiger partial charge in [-0.15, -0.1) is 0 Å². The zero-order valence-corrected chi connectivity index (χ0v) is 20.7. The molecule has 1 atom stereocenters. The molecule has 0 bridgehead atoms. The van der Waals surface area contributed by atoms with Crippen LogP contribution in [0.2, 0.25) is 0 Å². The minimum Gasteiger partial charge on any atom is -0.505 e. The number of likely N-dealkylation sites (tertiary alicyclic amines) is 1. The molecule has 2 aliphatic rings. The SMILES string of the molecule is CC[C@@H](Nc1c(Nc2cccc(C(=O)N3CCC4(CCNC4=O)CC3)c2O)c(=O)c1=O)c1ccccc1. The number of aromatic hydroxyl groups is 1. The normalized spacial score (nSPS) is 17.5. The summed E-state index contributed by atoms with van der Waals surface area (Å²) >= 11 is 0. The smallest absolute Gasteiger partial charge is 0.257 e. The maximum absolute atomic E-state index is 13.2. The third-order valence-electron chi connectivity index (χ3n) is 7.74. The number of carbonyl (C=O) groups is 2. The second kappa shape index (κ2) is 9.72. The van der Waals surface area contributed by atoms with E-state index in [4.69, 9.17) is 0 Å². The van der Waals surface area contributed by atoms with Gasteiger partial charge in [0.15, 0.2) is 5.75 Å². The van der Waals surface area contributed by atoms with Crippen LogP contribution < -0.4 is 26.8 Å². The third-order valence-corrected chi connectivity index (χ3v) is 7.74. The van der Waals surface area contributed by atoms with Crippen LogP contribution in [0.5, 0.6) is 5.75 Å². The van der Waals surface area contributed by atoms with Crippen molar-refractivity contribution in [3.63, 3.8) is 0 Å². The summed E-state index contributed by atoms with van der Waals surface area (Å²) in [6.07, 6.45) is 2.64. The number of carbonyl (C=O) groups excluding carboxylic acids is 2. The van der Waals surface area contributed by atoms with Gasteiger partial charge in [0.25, 0.3) is 16.8 Å². The Morgan fingerprint density at radius 3 is 2.35 bits per heavy atom. The van der Waals surface area contributed by atoms with Crippen molar-refractivity contribution >= 4 is 28.9 Å². The summed E-state index contributed by atoms with van der Waals surface area (Å²) in [5.74, 6) is -0.572. The summed E-state index contributed by atoms with van der Waals surface area (Å²) in [5.41, 5.74) is -0.236. The molecule has 5 rings (SSSR count). The van der Waals surface area contributed by atoms with Crippen molar-refractivity contribution in [1.82, 2.24) is 10.2 Å². The van der Waals surface area contributed by atoms with E-state index in [9.17, 15) is 24.3 Å². The van der Waals surface area contributed by atoms with Crippen molar-refractivity contribution in [3.05, 3.63) is 80.1 Å². The van der Waals surface area contributed by atoms with Gasteiger partial charge < -0.3 is 26.0 Å².